The summed E-state index contributed by atoms with van der Waals surface area (Å²) in [4.78, 5) is 24.8. The number of ether oxygens (including phenoxy) is 1. The summed E-state index contributed by atoms with van der Waals surface area (Å²) in [6.07, 6.45) is 0.131. The molecular formula is C25H25N3O6S. The van der Waals surface area contributed by atoms with E-state index in [1.54, 1.807) is 24.3 Å². The Morgan fingerprint density at radius 2 is 1.77 bits per heavy atom. The summed E-state index contributed by atoms with van der Waals surface area (Å²) in [5.74, 6) is -0.455. The predicted octanol–water partition coefficient (Wildman–Crippen LogP) is 3.06. The van der Waals surface area contributed by atoms with Crippen molar-refractivity contribution in [3.63, 3.8) is 0 Å². The summed E-state index contributed by atoms with van der Waals surface area (Å²) in [5.41, 5.74) is 1.89. The van der Waals surface area contributed by atoms with E-state index in [1.165, 1.54) is 29.8 Å². The second-order valence-corrected chi connectivity index (χ2v) is 9.58. The van der Waals surface area contributed by atoms with Crippen LogP contribution in [0.2, 0.25) is 0 Å². The van der Waals surface area contributed by atoms with Gasteiger partial charge in [0.1, 0.15) is 11.8 Å². The Kier molecular flexibility index (Phi) is 7.04. The third-order valence-electron chi connectivity index (χ3n) is 5.40. The minimum Gasteiger partial charge on any atom is -0.494 e. The number of fused-ring (bicyclic) bond motifs is 1. The monoisotopic (exact) mass is 495 g/mol. The number of nitrogens with one attached hydrogen (secondary N) is 2. The molecule has 0 bridgehead atoms. The van der Waals surface area contributed by atoms with E-state index in [4.69, 9.17) is 9.15 Å². The van der Waals surface area contributed by atoms with Crippen LogP contribution in [0.1, 0.15) is 12.5 Å². The molecule has 2 N–H and O–H groups in total. The van der Waals surface area contributed by atoms with Crippen LogP contribution >= 0.6 is 0 Å². The summed E-state index contributed by atoms with van der Waals surface area (Å²) in [7, 11) is -2.60. The number of benzene rings is 3. The van der Waals surface area contributed by atoms with Crippen molar-refractivity contribution in [3.05, 3.63) is 88.9 Å². The molecule has 3 aromatic carbocycles. The molecule has 1 amide bonds. The van der Waals surface area contributed by atoms with E-state index < -0.39 is 27.7 Å². The summed E-state index contributed by atoms with van der Waals surface area (Å²) in [6.45, 7) is 2.39. The molecule has 4 rings (SSSR count). The fourth-order valence-corrected chi connectivity index (χ4v) is 4.82. The van der Waals surface area contributed by atoms with Crippen LogP contribution < -0.4 is 20.5 Å². The van der Waals surface area contributed by atoms with Gasteiger partial charge in [-0.1, -0.05) is 30.3 Å². The van der Waals surface area contributed by atoms with Crippen LogP contribution in [0.15, 0.2) is 86.9 Å². The summed E-state index contributed by atoms with van der Waals surface area (Å²) < 4.78 is 40.7. The third-order valence-corrected chi connectivity index (χ3v) is 6.87. The molecule has 0 fully saturated rings. The molecule has 0 saturated heterocycles. The molecule has 9 nitrogen and oxygen atoms in total. The van der Waals surface area contributed by atoms with Crippen molar-refractivity contribution in [1.82, 2.24) is 9.29 Å². The van der Waals surface area contributed by atoms with Gasteiger partial charge in [-0.25, -0.2) is 13.2 Å². The number of rotatable bonds is 9. The molecule has 0 saturated carbocycles. The van der Waals surface area contributed by atoms with Gasteiger partial charge in [-0.15, -0.1) is 0 Å². The number of carbonyl (C=O) groups excluding carboxylic acids is 1. The minimum atomic E-state index is -4.13. The standard InChI is InChI=1S/C25H25N3O6S/c1-3-33-19-11-9-18(10-12-19)26-24(29)21(15-17-7-5-4-6-8-17)27-35(31,32)20-13-14-22-23(16-20)34-25(30)28(22)2/h4-14,16,21,27H,3,15H2,1-2H3,(H,26,29)/t21-/m1/s1. The normalized spacial score (nSPS) is 12.4. The molecule has 0 aliphatic carbocycles. The fourth-order valence-electron chi connectivity index (χ4n) is 3.60. The number of hydrogen-bond donors (Lipinski definition) is 2. The first-order valence-electron chi connectivity index (χ1n) is 11.0. The number of anilines is 1. The van der Waals surface area contributed by atoms with Crippen molar-refractivity contribution >= 4 is 32.7 Å². The Labute approximate surface area is 202 Å². The molecular weight excluding hydrogens is 470 g/mol. The zero-order chi connectivity index (χ0) is 25.0. The molecule has 0 aliphatic rings. The van der Waals surface area contributed by atoms with E-state index >= 15 is 0 Å². The van der Waals surface area contributed by atoms with Crippen LogP contribution in [-0.4, -0.2) is 31.5 Å². The van der Waals surface area contributed by atoms with Gasteiger partial charge in [-0.05, 0) is 55.3 Å². The predicted molar refractivity (Wildman–Crippen MR) is 132 cm³/mol. The quantitative estimate of drug-likeness (QED) is 0.368. The molecule has 1 atom stereocenters. The number of oxazole rings is 1. The molecule has 35 heavy (non-hydrogen) atoms. The Bertz CT molecular complexity index is 1490. The zero-order valence-corrected chi connectivity index (χ0v) is 20.0. The fraction of sp³-hybridized carbons (Fsp3) is 0.200. The topological polar surface area (TPSA) is 120 Å². The molecule has 4 aromatic rings. The lowest BCUT2D eigenvalue weighted by molar-refractivity contribution is -0.117. The highest BCUT2D eigenvalue weighted by Gasteiger charge is 2.27. The maximum Gasteiger partial charge on any atom is 0.419 e. The molecule has 0 unspecified atom stereocenters. The van der Waals surface area contributed by atoms with Crippen molar-refractivity contribution in [3.8, 4) is 5.75 Å². The number of aromatic nitrogens is 1. The van der Waals surface area contributed by atoms with Crippen LogP contribution in [0.25, 0.3) is 11.1 Å². The van der Waals surface area contributed by atoms with Crippen LogP contribution in [0, 0.1) is 0 Å². The first-order valence-corrected chi connectivity index (χ1v) is 12.4. The first-order chi connectivity index (χ1) is 16.8. The lowest BCUT2D eigenvalue weighted by Gasteiger charge is -2.19. The number of carbonyl (C=O) groups is 1. The number of hydrogen-bond acceptors (Lipinski definition) is 6. The third kappa shape index (κ3) is 5.61. The summed E-state index contributed by atoms with van der Waals surface area (Å²) in [6, 6.07) is 18.9. The molecule has 0 radical (unpaired) electrons. The highest BCUT2D eigenvalue weighted by Crippen LogP contribution is 2.20. The van der Waals surface area contributed by atoms with Gasteiger partial charge in [0.05, 0.1) is 17.0 Å². The Hall–Kier alpha value is -3.89. The summed E-state index contributed by atoms with van der Waals surface area (Å²) >= 11 is 0. The van der Waals surface area contributed by atoms with Crippen LogP contribution in [0.4, 0.5) is 5.69 Å². The van der Waals surface area contributed by atoms with Crippen LogP contribution in [-0.2, 0) is 28.3 Å². The molecule has 1 heterocycles. The first kappa shape index (κ1) is 24.2. The number of sulfonamides is 1. The van der Waals surface area contributed by atoms with E-state index in [0.717, 1.165) is 5.56 Å². The van der Waals surface area contributed by atoms with Gasteiger partial charge in [-0.3, -0.25) is 9.36 Å². The van der Waals surface area contributed by atoms with Gasteiger partial charge in [0.2, 0.25) is 15.9 Å². The van der Waals surface area contributed by atoms with Gasteiger partial charge < -0.3 is 14.5 Å². The highest BCUT2D eigenvalue weighted by molar-refractivity contribution is 7.89. The van der Waals surface area contributed by atoms with Gasteiger partial charge in [0.15, 0.2) is 5.58 Å². The van der Waals surface area contributed by atoms with E-state index in [1.807, 2.05) is 37.3 Å². The molecule has 10 heteroatoms. The van der Waals surface area contributed by atoms with Crippen LogP contribution in [0.3, 0.4) is 0 Å². The Morgan fingerprint density at radius 1 is 1.06 bits per heavy atom. The lowest BCUT2D eigenvalue weighted by atomic mass is 10.1. The van der Waals surface area contributed by atoms with Gasteiger partial charge in [0, 0.05) is 18.8 Å². The van der Waals surface area contributed by atoms with Gasteiger partial charge >= 0.3 is 5.76 Å². The number of aryl methyl sites for hydroxylation is 1. The van der Waals surface area contributed by atoms with E-state index in [9.17, 15) is 18.0 Å². The number of nitrogens with zero attached hydrogens (tertiary/aromatic N) is 1. The van der Waals surface area contributed by atoms with Crippen molar-refractivity contribution in [2.45, 2.75) is 24.3 Å². The van der Waals surface area contributed by atoms with Crippen molar-refractivity contribution < 1.29 is 22.4 Å². The van der Waals surface area contributed by atoms with Gasteiger partial charge in [-0.2, -0.15) is 4.72 Å². The van der Waals surface area contributed by atoms with E-state index in [0.29, 0.717) is 23.6 Å². The summed E-state index contributed by atoms with van der Waals surface area (Å²) in [5, 5.41) is 2.76. The minimum absolute atomic E-state index is 0.119. The van der Waals surface area contributed by atoms with E-state index in [2.05, 4.69) is 10.0 Å². The lowest BCUT2D eigenvalue weighted by Crippen LogP contribution is -2.45. The van der Waals surface area contributed by atoms with E-state index in [-0.39, 0.29) is 16.9 Å². The maximum atomic E-state index is 13.2. The van der Waals surface area contributed by atoms with Crippen molar-refractivity contribution in [2.75, 3.05) is 11.9 Å². The second kappa shape index (κ2) is 10.2. The Balaban J connectivity index is 1.60. The second-order valence-electron chi connectivity index (χ2n) is 7.87. The zero-order valence-electron chi connectivity index (χ0n) is 19.2. The molecule has 0 aliphatic heterocycles. The Morgan fingerprint density at radius 3 is 2.46 bits per heavy atom. The van der Waals surface area contributed by atoms with Gasteiger partial charge in [0.25, 0.3) is 0 Å². The molecule has 1 aromatic heterocycles. The SMILES string of the molecule is CCOc1ccc(NC(=O)[C@@H](Cc2ccccc2)NS(=O)(=O)c2ccc3c(c2)oc(=O)n3C)cc1. The highest BCUT2D eigenvalue weighted by atomic mass is 32.2. The van der Waals surface area contributed by atoms with Crippen molar-refractivity contribution in [1.29, 1.82) is 0 Å². The van der Waals surface area contributed by atoms with Crippen LogP contribution in [0.5, 0.6) is 5.75 Å². The number of amides is 1. The average molecular weight is 496 g/mol. The molecule has 182 valence electrons. The average Bonchev–Trinajstić information content (AvgIpc) is 3.13. The largest absolute Gasteiger partial charge is 0.494 e. The molecule has 0 spiro atoms. The smallest absolute Gasteiger partial charge is 0.419 e. The van der Waals surface area contributed by atoms with Crippen molar-refractivity contribution in [2.24, 2.45) is 7.05 Å². The maximum absolute atomic E-state index is 13.2.